The zero-order valence-corrected chi connectivity index (χ0v) is 25.3. The Balaban J connectivity index is 1.67. The van der Waals surface area contributed by atoms with Gasteiger partial charge in [0.05, 0.1) is 5.92 Å². The highest BCUT2D eigenvalue weighted by atomic mass is 19.1. The molecule has 2 unspecified atom stereocenters. The number of nitrogens with zero attached hydrogens (tertiary/aromatic N) is 3. The van der Waals surface area contributed by atoms with Crippen LogP contribution in [0.5, 0.6) is 0 Å². The maximum atomic E-state index is 15.0. The molecule has 0 aliphatic carbocycles. The maximum Gasteiger partial charge on any atom is 0.229 e. The number of piperidine rings is 1. The van der Waals surface area contributed by atoms with Crippen LogP contribution in [0.25, 0.3) is 0 Å². The molecule has 41 heavy (non-hydrogen) atoms. The van der Waals surface area contributed by atoms with Gasteiger partial charge in [0.15, 0.2) is 0 Å². The van der Waals surface area contributed by atoms with Crippen LogP contribution in [0, 0.1) is 18.7 Å². The SMILES string of the molecule is CCCC(C)N(C)c1cccc(NC(=O)[C@H]2CCCN(C(O)c3c(C)cccc3F)[C@H]2c2ccc(N(C)C)cc2)c1. The number of benzene rings is 3. The second-order valence-corrected chi connectivity index (χ2v) is 11.5. The number of aliphatic hydroxyl groups is 1. The van der Waals surface area contributed by atoms with Gasteiger partial charge in [0.2, 0.25) is 5.91 Å². The molecular weight excluding hydrogens is 515 g/mol. The number of carbonyl (C=O) groups is 1. The smallest absolute Gasteiger partial charge is 0.229 e. The second-order valence-electron chi connectivity index (χ2n) is 11.5. The van der Waals surface area contributed by atoms with Crippen LogP contribution in [-0.2, 0) is 4.79 Å². The first-order valence-electron chi connectivity index (χ1n) is 14.7. The van der Waals surface area contributed by atoms with Gasteiger partial charge in [0.25, 0.3) is 0 Å². The van der Waals surface area contributed by atoms with Crippen LogP contribution < -0.4 is 15.1 Å². The Hall–Kier alpha value is -3.42. The second kappa shape index (κ2) is 13.5. The number of aryl methyl sites for hydroxylation is 1. The molecule has 1 heterocycles. The fourth-order valence-corrected chi connectivity index (χ4v) is 6.01. The lowest BCUT2D eigenvalue weighted by atomic mass is 9.83. The summed E-state index contributed by atoms with van der Waals surface area (Å²) in [5, 5.41) is 14.8. The highest BCUT2D eigenvalue weighted by Gasteiger charge is 2.41. The summed E-state index contributed by atoms with van der Waals surface area (Å²) < 4.78 is 15.0. The van der Waals surface area contributed by atoms with Crippen molar-refractivity contribution >= 4 is 23.0 Å². The van der Waals surface area contributed by atoms with Crippen LogP contribution in [0.1, 0.15) is 68.5 Å². The molecule has 0 aromatic heterocycles. The van der Waals surface area contributed by atoms with Crippen LogP contribution >= 0.6 is 0 Å². The van der Waals surface area contributed by atoms with E-state index in [4.69, 9.17) is 0 Å². The minimum absolute atomic E-state index is 0.102. The number of aliphatic hydroxyl groups excluding tert-OH is 1. The van der Waals surface area contributed by atoms with Gasteiger partial charge < -0.3 is 20.2 Å². The van der Waals surface area contributed by atoms with Gasteiger partial charge in [-0.3, -0.25) is 9.69 Å². The first-order valence-corrected chi connectivity index (χ1v) is 14.7. The molecule has 0 bridgehead atoms. The first kappa shape index (κ1) is 30.5. The molecule has 1 aliphatic rings. The molecule has 1 fully saturated rings. The van der Waals surface area contributed by atoms with Crippen LogP contribution in [0.2, 0.25) is 0 Å². The molecular formula is C34H45FN4O2. The lowest BCUT2D eigenvalue weighted by Gasteiger charge is -2.43. The van der Waals surface area contributed by atoms with Crippen molar-refractivity contribution in [3.05, 3.63) is 89.2 Å². The third-order valence-corrected chi connectivity index (χ3v) is 8.49. The normalized spacial score (nSPS) is 18.9. The number of rotatable bonds is 10. The van der Waals surface area contributed by atoms with Crippen LogP contribution in [0.4, 0.5) is 21.5 Å². The van der Waals surface area contributed by atoms with Gasteiger partial charge in [-0.15, -0.1) is 0 Å². The fraction of sp³-hybridized carbons (Fsp3) is 0.441. The summed E-state index contributed by atoms with van der Waals surface area (Å²) in [5.74, 6) is -0.977. The van der Waals surface area contributed by atoms with Gasteiger partial charge in [-0.05, 0) is 80.6 Å². The Labute approximate surface area is 244 Å². The molecule has 3 aromatic carbocycles. The molecule has 3 aromatic rings. The van der Waals surface area contributed by atoms with Crippen LogP contribution in [0.3, 0.4) is 0 Å². The minimum atomic E-state index is -1.18. The number of amides is 1. The number of carbonyl (C=O) groups excluding carboxylic acids is 1. The molecule has 1 saturated heterocycles. The van der Waals surface area contributed by atoms with Gasteiger partial charge in [-0.1, -0.05) is 43.7 Å². The molecule has 220 valence electrons. The van der Waals surface area contributed by atoms with Crippen molar-refractivity contribution in [2.45, 2.75) is 64.8 Å². The Morgan fingerprint density at radius 1 is 1.07 bits per heavy atom. The number of hydrogen-bond acceptors (Lipinski definition) is 5. The van der Waals surface area contributed by atoms with E-state index < -0.39 is 24.0 Å². The predicted octanol–water partition coefficient (Wildman–Crippen LogP) is 6.91. The van der Waals surface area contributed by atoms with Gasteiger partial charge in [-0.25, -0.2) is 4.39 Å². The Morgan fingerprint density at radius 2 is 1.78 bits per heavy atom. The van der Waals surface area contributed by atoms with Crippen molar-refractivity contribution in [1.29, 1.82) is 0 Å². The minimum Gasteiger partial charge on any atom is -0.378 e. The van der Waals surface area contributed by atoms with E-state index in [2.05, 4.69) is 37.2 Å². The standard InChI is InChI=1S/C34H45FN4O2/c1-7-11-24(3)38(6)28-14-9-13-26(22-28)36-33(40)29-15-10-21-39(34(41)31-23(2)12-8-16-30(31)35)32(29)25-17-19-27(20-18-25)37(4)5/h8-9,12-14,16-20,22,24,29,32,34,41H,7,10-11,15,21H2,1-6H3,(H,36,40)/t24?,29-,32-,34?/m0/s1. The molecule has 6 nitrogen and oxygen atoms in total. The van der Waals surface area contributed by atoms with Crippen LogP contribution in [0.15, 0.2) is 66.7 Å². The van der Waals surface area contributed by atoms with E-state index in [0.717, 1.165) is 35.5 Å². The Bertz CT molecular complexity index is 1290. The molecule has 0 saturated carbocycles. The molecule has 1 aliphatic heterocycles. The Kier molecular flexibility index (Phi) is 10.1. The van der Waals surface area contributed by atoms with E-state index in [1.165, 1.54) is 6.07 Å². The lowest BCUT2D eigenvalue weighted by Crippen LogP contribution is -2.45. The molecule has 4 rings (SSSR count). The van der Waals surface area contributed by atoms with Crippen molar-refractivity contribution in [2.24, 2.45) is 5.92 Å². The summed E-state index contributed by atoms with van der Waals surface area (Å²) in [5.41, 5.74) is 4.71. The summed E-state index contributed by atoms with van der Waals surface area (Å²) in [6.07, 6.45) is 2.39. The summed E-state index contributed by atoms with van der Waals surface area (Å²) in [7, 11) is 6.05. The van der Waals surface area contributed by atoms with E-state index in [1.807, 2.05) is 79.3 Å². The van der Waals surface area contributed by atoms with Crippen LogP contribution in [-0.4, -0.2) is 49.6 Å². The monoisotopic (exact) mass is 560 g/mol. The van der Waals surface area contributed by atoms with E-state index in [0.29, 0.717) is 31.0 Å². The topological polar surface area (TPSA) is 59.1 Å². The van der Waals surface area contributed by atoms with Crippen molar-refractivity contribution in [3.63, 3.8) is 0 Å². The number of nitrogens with one attached hydrogen (secondary N) is 1. The van der Waals surface area contributed by atoms with Crippen molar-refractivity contribution < 1.29 is 14.3 Å². The molecule has 2 N–H and O–H groups in total. The molecule has 1 amide bonds. The Morgan fingerprint density at radius 3 is 2.44 bits per heavy atom. The molecule has 7 heteroatoms. The summed E-state index contributed by atoms with van der Waals surface area (Å²) >= 11 is 0. The lowest BCUT2D eigenvalue weighted by molar-refractivity contribution is -0.128. The third-order valence-electron chi connectivity index (χ3n) is 8.49. The van der Waals surface area contributed by atoms with Crippen molar-refractivity contribution in [3.8, 4) is 0 Å². The first-order chi connectivity index (χ1) is 19.6. The predicted molar refractivity (Wildman–Crippen MR) is 167 cm³/mol. The van der Waals surface area contributed by atoms with E-state index >= 15 is 4.39 Å². The summed E-state index contributed by atoms with van der Waals surface area (Å²) in [6.45, 7) is 6.75. The van der Waals surface area contributed by atoms with E-state index in [-0.39, 0.29) is 11.5 Å². The quantitative estimate of drug-likeness (QED) is 0.282. The average Bonchev–Trinajstić information content (AvgIpc) is 2.96. The third kappa shape index (κ3) is 6.91. The van der Waals surface area contributed by atoms with Crippen molar-refractivity contribution in [2.75, 3.05) is 42.8 Å². The zero-order valence-electron chi connectivity index (χ0n) is 25.3. The van der Waals surface area contributed by atoms with Gasteiger partial charge in [0, 0.05) is 62.4 Å². The summed E-state index contributed by atoms with van der Waals surface area (Å²) in [4.78, 5) is 20.1. The van der Waals surface area contributed by atoms with Crippen molar-refractivity contribution in [1.82, 2.24) is 4.90 Å². The highest BCUT2D eigenvalue weighted by Crippen LogP contribution is 2.42. The molecule has 0 spiro atoms. The number of halogens is 1. The average molecular weight is 561 g/mol. The van der Waals surface area contributed by atoms with E-state index in [1.54, 1.807) is 6.07 Å². The molecule has 4 atom stereocenters. The summed E-state index contributed by atoms with van der Waals surface area (Å²) in [6, 6.07) is 20.8. The highest BCUT2D eigenvalue weighted by molar-refractivity contribution is 5.93. The number of hydrogen-bond donors (Lipinski definition) is 2. The number of likely N-dealkylation sites (tertiary alicyclic amines) is 1. The van der Waals surface area contributed by atoms with Gasteiger partial charge in [-0.2, -0.15) is 0 Å². The maximum absolute atomic E-state index is 15.0. The largest absolute Gasteiger partial charge is 0.378 e. The number of anilines is 3. The fourth-order valence-electron chi connectivity index (χ4n) is 6.01. The van der Waals surface area contributed by atoms with E-state index in [9.17, 15) is 9.90 Å². The zero-order chi connectivity index (χ0) is 29.7. The van der Waals surface area contributed by atoms with Gasteiger partial charge >= 0.3 is 0 Å². The van der Waals surface area contributed by atoms with Gasteiger partial charge in [0.1, 0.15) is 12.0 Å². The molecule has 0 radical (unpaired) electrons.